The van der Waals surface area contributed by atoms with Crippen LogP contribution in [0.25, 0.3) is 0 Å². The molecule has 30 heavy (non-hydrogen) atoms. The van der Waals surface area contributed by atoms with Gasteiger partial charge in [0.2, 0.25) is 0 Å². The van der Waals surface area contributed by atoms with E-state index in [0.29, 0.717) is 29.9 Å². The molecule has 1 aliphatic heterocycles. The molecule has 2 aromatic rings. The van der Waals surface area contributed by atoms with Crippen molar-refractivity contribution in [3.05, 3.63) is 77.0 Å². The van der Waals surface area contributed by atoms with Gasteiger partial charge in [-0.15, -0.1) is 0 Å². The number of Topliss-reactive ketones (excluding diaryl/α,β-unsaturated/α-hetero) is 1. The SMILES string of the molecule is C=C1NC2=C(C(=O)CC(c3cccc(OC)c3)C2)C(c2ccc(C)o2)C1C(=O)OC. The summed E-state index contributed by atoms with van der Waals surface area (Å²) in [6.45, 7) is 5.91. The van der Waals surface area contributed by atoms with Gasteiger partial charge in [0.25, 0.3) is 0 Å². The molecule has 156 valence electrons. The van der Waals surface area contributed by atoms with E-state index in [1.165, 1.54) is 7.11 Å². The number of esters is 1. The number of carbonyl (C=O) groups excluding carboxylic acids is 2. The molecule has 6 nitrogen and oxygen atoms in total. The Balaban J connectivity index is 1.77. The third kappa shape index (κ3) is 3.43. The zero-order valence-electron chi connectivity index (χ0n) is 17.4. The molecule has 4 rings (SSSR count). The number of methoxy groups -OCH3 is 2. The predicted molar refractivity (Wildman–Crippen MR) is 111 cm³/mol. The summed E-state index contributed by atoms with van der Waals surface area (Å²) in [6.07, 6.45) is 0.988. The number of benzene rings is 1. The second kappa shape index (κ2) is 7.86. The summed E-state index contributed by atoms with van der Waals surface area (Å²) in [4.78, 5) is 26.0. The number of hydrogen-bond donors (Lipinski definition) is 1. The largest absolute Gasteiger partial charge is 0.497 e. The van der Waals surface area contributed by atoms with Gasteiger partial charge in [0.1, 0.15) is 23.2 Å². The Morgan fingerprint density at radius 3 is 2.67 bits per heavy atom. The molecule has 2 heterocycles. The van der Waals surface area contributed by atoms with Crippen LogP contribution in [-0.2, 0) is 14.3 Å². The quantitative estimate of drug-likeness (QED) is 0.773. The van der Waals surface area contributed by atoms with E-state index in [9.17, 15) is 9.59 Å². The van der Waals surface area contributed by atoms with E-state index in [0.717, 1.165) is 22.8 Å². The van der Waals surface area contributed by atoms with Crippen molar-refractivity contribution in [1.82, 2.24) is 5.32 Å². The fourth-order valence-electron chi connectivity index (χ4n) is 4.51. The standard InChI is InChI=1S/C24H25NO5/c1-13-8-9-20(30-13)23-21(24(27)29-4)14(2)25-18-11-16(12-19(26)22(18)23)15-6-5-7-17(10-15)28-3/h5-10,16,21,23,25H,2,11-12H2,1,3-4H3. The molecule has 6 heteroatoms. The minimum absolute atomic E-state index is 0.00275. The Labute approximate surface area is 175 Å². The molecule has 0 amide bonds. The lowest BCUT2D eigenvalue weighted by atomic mass is 9.70. The van der Waals surface area contributed by atoms with E-state index in [-0.39, 0.29) is 11.7 Å². The Hall–Kier alpha value is -3.28. The molecule has 1 aromatic carbocycles. The second-order valence-corrected chi connectivity index (χ2v) is 7.77. The van der Waals surface area contributed by atoms with Crippen LogP contribution in [-0.4, -0.2) is 26.0 Å². The lowest BCUT2D eigenvalue weighted by molar-refractivity contribution is -0.145. The maximum Gasteiger partial charge on any atom is 0.315 e. The first-order valence-corrected chi connectivity index (χ1v) is 9.93. The molecule has 0 fully saturated rings. The van der Waals surface area contributed by atoms with Gasteiger partial charge in [-0.2, -0.15) is 0 Å². The highest BCUT2D eigenvalue weighted by atomic mass is 16.5. The third-order valence-corrected chi connectivity index (χ3v) is 5.93. The van der Waals surface area contributed by atoms with Crippen molar-refractivity contribution < 1.29 is 23.5 Å². The van der Waals surface area contributed by atoms with Gasteiger partial charge in [-0.05, 0) is 49.1 Å². The first kappa shape index (κ1) is 20.0. The average molecular weight is 407 g/mol. The van der Waals surface area contributed by atoms with E-state index in [4.69, 9.17) is 13.9 Å². The van der Waals surface area contributed by atoms with Crippen LogP contribution in [0.2, 0.25) is 0 Å². The second-order valence-electron chi connectivity index (χ2n) is 7.77. The van der Waals surface area contributed by atoms with Gasteiger partial charge in [-0.3, -0.25) is 9.59 Å². The number of allylic oxidation sites excluding steroid dienone is 2. The lowest BCUT2D eigenvalue weighted by Crippen LogP contribution is -2.41. The number of aryl methyl sites for hydroxylation is 1. The van der Waals surface area contributed by atoms with Crippen LogP contribution >= 0.6 is 0 Å². The van der Waals surface area contributed by atoms with Crippen LogP contribution in [0.1, 0.15) is 41.8 Å². The van der Waals surface area contributed by atoms with Crippen LogP contribution in [0.5, 0.6) is 5.75 Å². The van der Waals surface area contributed by atoms with Crippen LogP contribution < -0.4 is 10.1 Å². The van der Waals surface area contributed by atoms with Crippen LogP contribution in [0.15, 0.2) is 64.4 Å². The fraction of sp³-hybridized carbons (Fsp3) is 0.333. The number of ether oxygens (including phenoxy) is 2. The van der Waals surface area contributed by atoms with Gasteiger partial charge in [0.05, 0.1) is 20.1 Å². The summed E-state index contributed by atoms with van der Waals surface area (Å²) in [6, 6.07) is 11.4. The van der Waals surface area contributed by atoms with E-state index in [1.807, 2.05) is 43.3 Å². The van der Waals surface area contributed by atoms with E-state index < -0.39 is 17.8 Å². The molecule has 0 bridgehead atoms. The first-order valence-electron chi connectivity index (χ1n) is 9.93. The summed E-state index contributed by atoms with van der Waals surface area (Å²) >= 11 is 0. The molecule has 3 atom stereocenters. The van der Waals surface area contributed by atoms with E-state index in [1.54, 1.807) is 7.11 Å². The Morgan fingerprint density at radius 2 is 2.00 bits per heavy atom. The summed E-state index contributed by atoms with van der Waals surface area (Å²) < 4.78 is 16.2. The summed E-state index contributed by atoms with van der Waals surface area (Å²) in [5.41, 5.74) is 2.94. The zero-order valence-corrected chi connectivity index (χ0v) is 17.4. The normalized spacial score (nSPS) is 23.6. The maximum absolute atomic E-state index is 13.4. The van der Waals surface area contributed by atoms with E-state index in [2.05, 4.69) is 11.9 Å². The van der Waals surface area contributed by atoms with Crippen molar-refractivity contribution in [2.45, 2.75) is 31.6 Å². The van der Waals surface area contributed by atoms with Gasteiger partial charge in [0.15, 0.2) is 5.78 Å². The van der Waals surface area contributed by atoms with Gasteiger partial charge in [-0.25, -0.2) is 0 Å². The lowest BCUT2D eigenvalue weighted by Gasteiger charge is -2.38. The molecule has 1 aliphatic carbocycles. The summed E-state index contributed by atoms with van der Waals surface area (Å²) in [5, 5.41) is 3.24. The molecule has 0 saturated carbocycles. The molecular weight excluding hydrogens is 382 g/mol. The van der Waals surface area contributed by atoms with Crippen molar-refractivity contribution in [3.8, 4) is 5.75 Å². The highest BCUT2D eigenvalue weighted by molar-refractivity contribution is 6.00. The molecule has 1 aromatic heterocycles. The van der Waals surface area contributed by atoms with Crippen molar-refractivity contribution in [1.29, 1.82) is 0 Å². The molecule has 0 radical (unpaired) electrons. The average Bonchev–Trinajstić information content (AvgIpc) is 3.18. The van der Waals surface area contributed by atoms with Gasteiger partial charge in [0, 0.05) is 23.4 Å². The molecule has 1 N–H and O–H groups in total. The van der Waals surface area contributed by atoms with Crippen molar-refractivity contribution in [3.63, 3.8) is 0 Å². The van der Waals surface area contributed by atoms with Crippen molar-refractivity contribution in [2.24, 2.45) is 5.92 Å². The minimum atomic E-state index is -0.725. The molecule has 3 unspecified atom stereocenters. The Bertz CT molecular complexity index is 1050. The maximum atomic E-state index is 13.4. The van der Waals surface area contributed by atoms with Crippen LogP contribution in [0, 0.1) is 12.8 Å². The summed E-state index contributed by atoms with van der Waals surface area (Å²) in [5.74, 6) is 0.350. The van der Waals surface area contributed by atoms with Crippen molar-refractivity contribution in [2.75, 3.05) is 14.2 Å². The number of ketones is 1. The molecule has 0 spiro atoms. The number of hydrogen-bond acceptors (Lipinski definition) is 6. The van der Waals surface area contributed by atoms with Crippen LogP contribution in [0.3, 0.4) is 0 Å². The Kier molecular flexibility index (Phi) is 5.24. The van der Waals surface area contributed by atoms with Gasteiger partial charge < -0.3 is 19.2 Å². The third-order valence-electron chi connectivity index (χ3n) is 5.93. The minimum Gasteiger partial charge on any atom is -0.497 e. The van der Waals surface area contributed by atoms with Gasteiger partial charge in [-0.1, -0.05) is 18.7 Å². The fourth-order valence-corrected chi connectivity index (χ4v) is 4.51. The highest BCUT2D eigenvalue weighted by Crippen LogP contribution is 2.47. The Morgan fingerprint density at radius 1 is 1.20 bits per heavy atom. The predicted octanol–water partition coefficient (Wildman–Crippen LogP) is 3.99. The highest BCUT2D eigenvalue weighted by Gasteiger charge is 2.46. The molecule has 2 aliphatic rings. The number of rotatable bonds is 4. The van der Waals surface area contributed by atoms with Crippen molar-refractivity contribution >= 4 is 11.8 Å². The molecule has 0 saturated heterocycles. The smallest absolute Gasteiger partial charge is 0.315 e. The number of carbonyl (C=O) groups is 2. The molecular formula is C24H25NO5. The summed E-state index contributed by atoms with van der Waals surface area (Å²) in [7, 11) is 2.97. The first-order chi connectivity index (χ1) is 14.4. The number of nitrogens with one attached hydrogen (secondary N) is 1. The van der Waals surface area contributed by atoms with Gasteiger partial charge >= 0.3 is 5.97 Å². The topological polar surface area (TPSA) is 77.8 Å². The van der Waals surface area contributed by atoms with E-state index >= 15 is 0 Å². The van der Waals surface area contributed by atoms with Crippen LogP contribution in [0.4, 0.5) is 0 Å². The monoisotopic (exact) mass is 407 g/mol. The number of furan rings is 1. The zero-order chi connectivity index (χ0) is 21.4.